The van der Waals surface area contributed by atoms with Crippen LogP contribution in [0, 0.1) is 23.7 Å². The average Bonchev–Trinajstić information content (AvgIpc) is 2.86. The quantitative estimate of drug-likeness (QED) is 0.725. The molecule has 1 heterocycles. The van der Waals surface area contributed by atoms with Gasteiger partial charge in [0.15, 0.2) is 0 Å². The van der Waals surface area contributed by atoms with Crippen molar-refractivity contribution in [2.45, 2.75) is 57.5 Å². The molecule has 3 rings (SSSR count). The van der Waals surface area contributed by atoms with Gasteiger partial charge in [0.1, 0.15) is 6.29 Å². The van der Waals surface area contributed by atoms with E-state index in [-0.39, 0.29) is 0 Å². The monoisotopic (exact) mass is 221 g/mol. The fraction of sp³-hybridized carbons (Fsp3) is 0.929. The van der Waals surface area contributed by atoms with Gasteiger partial charge in [0.05, 0.1) is 0 Å². The number of hydrogen-bond acceptors (Lipinski definition) is 2. The van der Waals surface area contributed by atoms with Crippen LogP contribution in [0.4, 0.5) is 0 Å². The largest absolute Gasteiger partial charge is 0.310 e. The molecule has 6 atom stereocenters. The molecule has 3 aliphatic rings. The lowest BCUT2D eigenvalue weighted by Crippen LogP contribution is -2.41. The van der Waals surface area contributed by atoms with E-state index in [2.05, 4.69) is 12.2 Å². The van der Waals surface area contributed by atoms with Crippen molar-refractivity contribution in [3.8, 4) is 0 Å². The normalized spacial score (nSPS) is 51.1. The van der Waals surface area contributed by atoms with E-state index in [4.69, 9.17) is 0 Å². The second-order valence-electron chi connectivity index (χ2n) is 6.02. The smallest absolute Gasteiger partial charge is 0.124 e. The highest BCUT2D eigenvalue weighted by atomic mass is 16.1. The van der Waals surface area contributed by atoms with E-state index < -0.39 is 0 Å². The fourth-order valence-electron chi connectivity index (χ4n) is 4.77. The van der Waals surface area contributed by atoms with Crippen LogP contribution in [0.25, 0.3) is 0 Å². The van der Waals surface area contributed by atoms with E-state index in [1.807, 2.05) is 0 Å². The Morgan fingerprint density at radius 3 is 2.88 bits per heavy atom. The molecule has 0 radical (unpaired) electrons. The summed E-state index contributed by atoms with van der Waals surface area (Å²) in [7, 11) is 0. The second-order valence-corrected chi connectivity index (χ2v) is 6.02. The Labute approximate surface area is 98.2 Å². The molecule has 0 aromatic carbocycles. The topological polar surface area (TPSA) is 29.1 Å². The maximum Gasteiger partial charge on any atom is 0.124 e. The van der Waals surface area contributed by atoms with E-state index >= 15 is 0 Å². The molecule has 2 aliphatic carbocycles. The summed E-state index contributed by atoms with van der Waals surface area (Å²) < 4.78 is 0. The Hall–Kier alpha value is -0.370. The molecule has 0 bridgehead atoms. The third-order valence-electron chi connectivity index (χ3n) is 5.45. The molecule has 1 saturated heterocycles. The lowest BCUT2D eigenvalue weighted by atomic mass is 9.71. The lowest BCUT2D eigenvalue weighted by molar-refractivity contribution is -0.113. The number of carbonyl (C=O) groups is 1. The van der Waals surface area contributed by atoms with Crippen LogP contribution in [0.1, 0.15) is 45.4 Å². The Morgan fingerprint density at radius 2 is 2.12 bits per heavy atom. The number of aldehydes is 1. The highest BCUT2D eigenvalue weighted by molar-refractivity contribution is 5.55. The van der Waals surface area contributed by atoms with Gasteiger partial charge in [0, 0.05) is 18.0 Å². The first-order valence-electron chi connectivity index (χ1n) is 7.06. The highest BCUT2D eigenvalue weighted by Crippen LogP contribution is 2.49. The van der Waals surface area contributed by atoms with Crippen LogP contribution in [-0.2, 0) is 4.79 Å². The Kier molecular flexibility index (Phi) is 2.78. The lowest BCUT2D eigenvalue weighted by Gasteiger charge is -2.34. The third-order valence-corrected chi connectivity index (χ3v) is 5.45. The van der Waals surface area contributed by atoms with Crippen molar-refractivity contribution in [3.63, 3.8) is 0 Å². The molecule has 16 heavy (non-hydrogen) atoms. The van der Waals surface area contributed by atoms with Gasteiger partial charge in [-0.25, -0.2) is 0 Å². The maximum atomic E-state index is 11.1. The minimum atomic E-state index is 0.307. The zero-order valence-electron chi connectivity index (χ0n) is 10.2. The molecule has 0 aromatic rings. The first-order chi connectivity index (χ1) is 7.85. The van der Waals surface area contributed by atoms with E-state index in [0.29, 0.717) is 12.0 Å². The molecule has 2 saturated carbocycles. The summed E-state index contributed by atoms with van der Waals surface area (Å²) in [5.74, 6) is 2.93. The molecular weight excluding hydrogens is 198 g/mol. The maximum absolute atomic E-state index is 11.1. The summed E-state index contributed by atoms with van der Waals surface area (Å²) in [4.78, 5) is 11.1. The zero-order valence-corrected chi connectivity index (χ0v) is 10.2. The molecular formula is C14H23NO. The van der Waals surface area contributed by atoms with Gasteiger partial charge in [0.2, 0.25) is 0 Å². The van der Waals surface area contributed by atoms with Crippen LogP contribution in [0.2, 0.25) is 0 Å². The highest BCUT2D eigenvalue weighted by Gasteiger charge is 2.51. The summed E-state index contributed by atoms with van der Waals surface area (Å²) in [6.07, 6.45) is 9.05. The SMILES string of the molecule is CCC1CCC2NC3C(C=O)CCCC3C12. The van der Waals surface area contributed by atoms with E-state index in [1.54, 1.807) is 0 Å². The van der Waals surface area contributed by atoms with Crippen LogP contribution in [-0.4, -0.2) is 18.4 Å². The summed E-state index contributed by atoms with van der Waals surface area (Å²) in [6.45, 7) is 2.33. The van der Waals surface area contributed by atoms with Gasteiger partial charge in [-0.1, -0.05) is 19.8 Å². The standard InChI is InChI=1S/C14H23NO/c1-2-9-6-7-12-13(9)11-5-3-4-10(8-16)14(11)15-12/h8-15H,2-7H2,1H3. The van der Waals surface area contributed by atoms with Crippen LogP contribution in [0.5, 0.6) is 0 Å². The molecule has 0 aromatic heterocycles. The second kappa shape index (κ2) is 4.14. The number of nitrogens with one attached hydrogen (secondary N) is 1. The Bertz CT molecular complexity index is 278. The number of hydrogen-bond donors (Lipinski definition) is 1. The minimum absolute atomic E-state index is 0.307. The van der Waals surface area contributed by atoms with Crippen molar-refractivity contribution < 1.29 is 4.79 Å². The van der Waals surface area contributed by atoms with Gasteiger partial charge in [-0.2, -0.15) is 0 Å². The predicted octanol–water partition coefficient (Wildman–Crippen LogP) is 2.38. The van der Waals surface area contributed by atoms with Crippen LogP contribution >= 0.6 is 0 Å². The van der Waals surface area contributed by atoms with Gasteiger partial charge in [-0.15, -0.1) is 0 Å². The van der Waals surface area contributed by atoms with Crippen molar-refractivity contribution in [2.75, 3.05) is 0 Å². The third kappa shape index (κ3) is 1.46. The summed E-state index contributed by atoms with van der Waals surface area (Å²) in [5.41, 5.74) is 0. The molecule has 2 heteroatoms. The molecule has 1 aliphatic heterocycles. The average molecular weight is 221 g/mol. The van der Waals surface area contributed by atoms with E-state index in [0.717, 1.165) is 30.2 Å². The van der Waals surface area contributed by atoms with Gasteiger partial charge >= 0.3 is 0 Å². The summed E-state index contributed by atoms with van der Waals surface area (Å²) >= 11 is 0. The van der Waals surface area contributed by atoms with Gasteiger partial charge in [0.25, 0.3) is 0 Å². The molecule has 3 fully saturated rings. The van der Waals surface area contributed by atoms with Crippen LogP contribution in [0.15, 0.2) is 0 Å². The van der Waals surface area contributed by atoms with Gasteiger partial charge in [-0.05, 0) is 43.4 Å². The Balaban J connectivity index is 1.81. The number of rotatable bonds is 2. The predicted molar refractivity (Wildman–Crippen MR) is 64.1 cm³/mol. The van der Waals surface area contributed by atoms with E-state index in [9.17, 15) is 4.79 Å². The van der Waals surface area contributed by atoms with Crippen molar-refractivity contribution in [3.05, 3.63) is 0 Å². The molecule has 90 valence electrons. The Morgan fingerprint density at radius 1 is 1.25 bits per heavy atom. The minimum Gasteiger partial charge on any atom is -0.310 e. The van der Waals surface area contributed by atoms with Crippen molar-refractivity contribution in [1.82, 2.24) is 5.32 Å². The first-order valence-corrected chi connectivity index (χ1v) is 7.06. The van der Waals surface area contributed by atoms with Gasteiger partial charge in [-0.3, -0.25) is 0 Å². The summed E-state index contributed by atoms with van der Waals surface area (Å²) in [5, 5.41) is 3.79. The molecule has 1 N–H and O–H groups in total. The van der Waals surface area contributed by atoms with Crippen molar-refractivity contribution >= 4 is 6.29 Å². The molecule has 2 nitrogen and oxygen atoms in total. The summed E-state index contributed by atoms with van der Waals surface area (Å²) in [6, 6.07) is 1.26. The molecule has 6 unspecified atom stereocenters. The zero-order chi connectivity index (χ0) is 11.1. The first kappa shape index (κ1) is 10.8. The molecule has 0 amide bonds. The van der Waals surface area contributed by atoms with Crippen molar-refractivity contribution in [2.24, 2.45) is 23.7 Å². The fourth-order valence-corrected chi connectivity index (χ4v) is 4.77. The van der Waals surface area contributed by atoms with Gasteiger partial charge < -0.3 is 10.1 Å². The van der Waals surface area contributed by atoms with Crippen LogP contribution < -0.4 is 5.32 Å². The van der Waals surface area contributed by atoms with Crippen molar-refractivity contribution in [1.29, 1.82) is 0 Å². The molecule has 0 spiro atoms. The number of fused-ring (bicyclic) bond motifs is 3. The number of carbonyl (C=O) groups excluding carboxylic acids is 1. The van der Waals surface area contributed by atoms with Crippen LogP contribution in [0.3, 0.4) is 0 Å². The van der Waals surface area contributed by atoms with E-state index in [1.165, 1.54) is 38.4 Å².